The van der Waals surface area contributed by atoms with E-state index in [9.17, 15) is 4.79 Å². The third kappa shape index (κ3) is 1.91. The number of amides is 1. The van der Waals surface area contributed by atoms with Crippen molar-refractivity contribution in [3.63, 3.8) is 0 Å². The van der Waals surface area contributed by atoms with Crippen LogP contribution in [0.5, 0.6) is 0 Å². The Morgan fingerprint density at radius 3 is 2.80 bits per heavy atom. The van der Waals surface area contributed by atoms with E-state index >= 15 is 0 Å². The van der Waals surface area contributed by atoms with Gasteiger partial charge in [-0.15, -0.1) is 0 Å². The van der Waals surface area contributed by atoms with Crippen LogP contribution in [0.3, 0.4) is 0 Å². The number of amidine groups is 1. The average molecular weight is 159 g/mol. The van der Waals surface area contributed by atoms with Crippen molar-refractivity contribution in [3.8, 4) is 0 Å². The monoisotopic (exact) mass is 159 g/mol. The van der Waals surface area contributed by atoms with Gasteiger partial charge in [0.15, 0.2) is 5.17 Å². The predicted molar refractivity (Wildman–Crippen MR) is 41.7 cm³/mol. The molecule has 0 aromatic heterocycles. The maximum Gasteiger partial charge on any atom is 0.236 e. The van der Waals surface area contributed by atoms with Gasteiger partial charge in [0.25, 0.3) is 0 Å². The van der Waals surface area contributed by atoms with Crippen molar-refractivity contribution in [3.05, 3.63) is 0 Å². The summed E-state index contributed by atoms with van der Waals surface area (Å²) < 4.78 is 0. The smallest absolute Gasteiger partial charge is 0.236 e. The molecular formula is C5H9N3OS. The molecule has 0 saturated carbocycles. The van der Waals surface area contributed by atoms with Gasteiger partial charge < -0.3 is 10.3 Å². The number of hydrazone groups is 1. The maximum absolute atomic E-state index is 10.6. The highest BCUT2D eigenvalue weighted by Gasteiger charge is 2.16. The molecule has 0 spiro atoms. The van der Waals surface area contributed by atoms with Gasteiger partial charge in [-0.25, -0.2) is 0 Å². The molecule has 0 bridgehead atoms. The molecule has 1 heterocycles. The van der Waals surface area contributed by atoms with Gasteiger partial charge in [0.1, 0.15) is 0 Å². The number of hydrogen-bond acceptors (Lipinski definition) is 4. The lowest BCUT2D eigenvalue weighted by molar-refractivity contribution is -0.116. The molecule has 0 radical (unpaired) electrons. The van der Waals surface area contributed by atoms with E-state index in [0.717, 1.165) is 0 Å². The van der Waals surface area contributed by atoms with Crippen LogP contribution in [0.25, 0.3) is 0 Å². The standard InChI is InChI=1S/C5H9N3OS/c1-8(2)7-5-6-4(9)3-10-5/h3H2,1-2H3,(H,6,7,9). The zero-order chi connectivity index (χ0) is 7.56. The summed E-state index contributed by atoms with van der Waals surface area (Å²) in [7, 11) is 3.63. The minimum atomic E-state index is 0.0330. The lowest BCUT2D eigenvalue weighted by atomic mass is 10.7. The highest BCUT2D eigenvalue weighted by molar-refractivity contribution is 8.15. The largest absolute Gasteiger partial charge is 0.303 e. The Labute approximate surface area is 63.7 Å². The van der Waals surface area contributed by atoms with E-state index in [1.54, 1.807) is 5.01 Å². The van der Waals surface area contributed by atoms with Crippen LogP contribution in [-0.4, -0.2) is 35.9 Å². The van der Waals surface area contributed by atoms with Crippen molar-refractivity contribution >= 4 is 22.8 Å². The molecular weight excluding hydrogens is 150 g/mol. The molecule has 5 heteroatoms. The van der Waals surface area contributed by atoms with Crippen molar-refractivity contribution in [2.45, 2.75) is 0 Å². The second kappa shape index (κ2) is 2.92. The van der Waals surface area contributed by atoms with Gasteiger partial charge >= 0.3 is 0 Å². The van der Waals surface area contributed by atoms with Crippen LogP contribution in [0.4, 0.5) is 0 Å². The summed E-state index contributed by atoms with van der Waals surface area (Å²) in [6.07, 6.45) is 0. The predicted octanol–water partition coefficient (Wildman–Crippen LogP) is -0.318. The van der Waals surface area contributed by atoms with E-state index in [-0.39, 0.29) is 5.91 Å². The molecule has 1 saturated heterocycles. The Hall–Kier alpha value is -0.710. The SMILES string of the molecule is CN(C)/N=C1\NC(=O)CS1. The third-order valence-corrected chi connectivity index (χ3v) is 1.74. The number of nitrogens with one attached hydrogen (secondary N) is 1. The van der Waals surface area contributed by atoms with E-state index in [2.05, 4.69) is 10.4 Å². The van der Waals surface area contributed by atoms with Crippen LogP contribution in [0.1, 0.15) is 0 Å². The summed E-state index contributed by atoms with van der Waals surface area (Å²) in [6.45, 7) is 0. The average Bonchev–Trinajstić information content (AvgIpc) is 2.13. The van der Waals surface area contributed by atoms with Gasteiger partial charge in [0.2, 0.25) is 5.91 Å². The van der Waals surface area contributed by atoms with E-state index in [0.29, 0.717) is 10.9 Å². The van der Waals surface area contributed by atoms with E-state index < -0.39 is 0 Å². The topological polar surface area (TPSA) is 44.7 Å². The zero-order valence-corrected chi connectivity index (χ0v) is 6.73. The Morgan fingerprint density at radius 1 is 1.70 bits per heavy atom. The molecule has 10 heavy (non-hydrogen) atoms. The van der Waals surface area contributed by atoms with Gasteiger partial charge in [-0.1, -0.05) is 11.8 Å². The second-order valence-corrected chi connectivity index (χ2v) is 3.05. The molecule has 0 unspecified atom stereocenters. The molecule has 4 nitrogen and oxygen atoms in total. The molecule has 1 fully saturated rings. The summed E-state index contributed by atoms with van der Waals surface area (Å²) in [4.78, 5) is 10.6. The summed E-state index contributed by atoms with van der Waals surface area (Å²) in [6, 6.07) is 0. The summed E-state index contributed by atoms with van der Waals surface area (Å²) in [5.74, 6) is 0.526. The van der Waals surface area contributed by atoms with Crippen LogP contribution in [-0.2, 0) is 4.79 Å². The minimum Gasteiger partial charge on any atom is -0.303 e. The van der Waals surface area contributed by atoms with Crippen molar-refractivity contribution in [1.29, 1.82) is 0 Å². The molecule has 1 aliphatic heterocycles. The molecule has 1 rings (SSSR count). The fraction of sp³-hybridized carbons (Fsp3) is 0.600. The van der Waals surface area contributed by atoms with Crippen molar-refractivity contribution in [2.24, 2.45) is 5.10 Å². The number of carbonyl (C=O) groups is 1. The van der Waals surface area contributed by atoms with Gasteiger partial charge in [-0.2, -0.15) is 5.10 Å². The first-order valence-electron chi connectivity index (χ1n) is 2.87. The van der Waals surface area contributed by atoms with Gasteiger partial charge in [-0.3, -0.25) is 4.79 Å². The lowest BCUT2D eigenvalue weighted by Crippen LogP contribution is -2.22. The van der Waals surface area contributed by atoms with Gasteiger partial charge in [0, 0.05) is 14.1 Å². The van der Waals surface area contributed by atoms with Crippen LogP contribution < -0.4 is 5.32 Å². The fourth-order valence-corrected chi connectivity index (χ4v) is 1.31. The van der Waals surface area contributed by atoms with Crippen LogP contribution in [0.2, 0.25) is 0 Å². The van der Waals surface area contributed by atoms with Gasteiger partial charge in [-0.05, 0) is 0 Å². The molecule has 56 valence electrons. The van der Waals surface area contributed by atoms with Crippen molar-refractivity contribution < 1.29 is 4.79 Å². The number of thioether (sulfide) groups is 1. The first kappa shape index (κ1) is 7.40. The zero-order valence-electron chi connectivity index (χ0n) is 5.92. The Balaban J connectivity index is 2.51. The van der Waals surface area contributed by atoms with E-state index in [4.69, 9.17) is 0 Å². The fourth-order valence-electron chi connectivity index (χ4n) is 0.561. The van der Waals surface area contributed by atoms with E-state index in [1.165, 1.54) is 11.8 Å². The molecule has 0 atom stereocenters. The third-order valence-electron chi connectivity index (χ3n) is 0.877. The molecule has 0 aliphatic carbocycles. The molecule has 0 aromatic carbocycles. The normalized spacial score (nSPS) is 21.4. The molecule has 1 N–H and O–H groups in total. The van der Waals surface area contributed by atoms with Crippen LogP contribution >= 0.6 is 11.8 Å². The first-order chi connectivity index (χ1) is 4.68. The van der Waals surface area contributed by atoms with E-state index in [1.807, 2.05) is 14.1 Å². The number of carbonyl (C=O) groups excluding carboxylic acids is 1. The number of hydrogen-bond donors (Lipinski definition) is 1. The molecule has 1 amide bonds. The summed E-state index contributed by atoms with van der Waals surface area (Å²) in [5.41, 5.74) is 0. The molecule has 1 aliphatic rings. The minimum absolute atomic E-state index is 0.0330. The molecule has 0 aromatic rings. The highest BCUT2D eigenvalue weighted by Crippen LogP contribution is 2.08. The highest BCUT2D eigenvalue weighted by atomic mass is 32.2. The summed E-state index contributed by atoms with van der Waals surface area (Å²) in [5, 5.41) is 8.98. The lowest BCUT2D eigenvalue weighted by Gasteiger charge is -2.03. The summed E-state index contributed by atoms with van der Waals surface area (Å²) >= 11 is 1.43. The number of rotatable bonds is 1. The van der Waals surface area contributed by atoms with Crippen LogP contribution in [0, 0.1) is 0 Å². The van der Waals surface area contributed by atoms with Crippen LogP contribution in [0.15, 0.2) is 5.10 Å². The Kier molecular flexibility index (Phi) is 2.16. The Bertz CT molecular complexity index is 178. The van der Waals surface area contributed by atoms with Crippen molar-refractivity contribution in [1.82, 2.24) is 10.3 Å². The van der Waals surface area contributed by atoms with Gasteiger partial charge in [0.05, 0.1) is 5.75 Å². The maximum atomic E-state index is 10.6. The van der Waals surface area contributed by atoms with Crippen molar-refractivity contribution in [2.75, 3.05) is 19.8 Å². The Morgan fingerprint density at radius 2 is 2.40 bits per heavy atom. The number of nitrogens with zero attached hydrogens (tertiary/aromatic N) is 2. The quantitative estimate of drug-likeness (QED) is 0.533. The second-order valence-electron chi connectivity index (χ2n) is 2.09. The first-order valence-corrected chi connectivity index (χ1v) is 3.85.